The molecule has 0 unspecified atom stereocenters. The largest absolute Gasteiger partial charge is 0.339 e. The SMILES string of the molecule is Cc1c(C#N)c(Nc2ccc(S(=O)(=O)O)cc2)nc(Nc2ccc(S(=O)(=O)O)cc2)c1N=Nc1sc(N=Nc2ccc([N+](=O)[O-])c(S(=O)(=O)O)c2)c(-c2ccc3ccccc3c2)c1C#N. The fourth-order valence-corrected chi connectivity index (χ4v) is 8.77. The van der Waals surface area contributed by atoms with Gasteiger partial charge in [0.1, 0.15) is 28.4 Å². The van der Waals surface area contributed by atoms with E-state index in [1.807, 2.05) is 30.3 Å². The lowest BCUT2D eigenvalue weighted by Gasteiger charge is -2.16. The summed E-state index contributed by atoms with van der Waals surface area (Å²) in [6.07, 6.45) is 0. The molecule has 5 N–H and O–H groups in total. The maximum Gasteiger partial charge on any atom is 0.301 e. The summed E-state index contributed by atoms with van der Waals surface area (Å²) in [5, 5.41) is 57.3. The maximum atomic E-state index is 12.0. The van der Waals surface area contributed by atoms with Crippen LogP contribution in [0.5, 0.6) is 0 Å². The summed E-state index contributed by atoms with van der Waals surface area (Å²) >= 11 is 0.826. The zero-order chi connectivity index (χ0) is 46.8. The first kappa shape index (κ1) is 45.2. The number of nitrogens with zero attached hydrogens (tertiary/aromatic N) is 8. The van der Waals surface area contributed by atoms with E-state index in [2.05, 4.69) is 42.1 Å². The van der Waals surface area contributed by atoms with Crippen LogP contribution in [0, 0.1) is 39.7 Å². The first-order chi connectivity index (χ1) is 30.7. The Labute approximate surface area is 372 Å². The third-order valence-corrected chi connectivity index (χ3v) is 12.9. The van der Waals surface area contributed by atoms with Crippen LogP contribution in [-0.4, -0.2) is 48.8 Å². The molecule has 0 atom stereocenters. The number of rotatable bonds is 13. The van der Waals surface area contributed by atoms with Crippen molar-refractivity contribution in [3.05, 3.63) is 136 Å². The molecule has 0 spiro atoms. The molecule has 2 aromatic heterocycles. The van der Waals surface area contributed by atoms with Crippen molar-refractivity contribution in [3.63, 3.8) is 0 Å². The number of nitrogens with one attached hydrogen (secondary N) is 2. The summed E-state index contributed by atoms with van der Waals surface area (Å²) in [4.78, 5) is 13.2. The fraction of sp³-hybridized carbons (Fsp3) is 0.0250. The molecule has 5 aromatic carbocycles. The summed E-state index contributed by atoms with van der Waals surface area (Å²) in [6, 6.07) is 29.2. The molecule has 21 nitrogen and oxygen atoms in total. The number of nitriles is 2. The minimum absolute atomic E-state index is 0.0329. The fourth-order valence-electron chi connectivity index (χ4n) is 6.21. The van der Waals surface area contributed by atoms with Crippen LogP contribution in [0.3, 0.4) is 0 Å². The van der Waals surface area contributed by atoms with E-state index in [4.69, 9.17) is 0 Å². The maximum absolute atomic E-state index is 12.0. The van der Waals surface area contributed by atoms with Gasteiger partial charge in [-0.1, -0.05) is 47.7 Å². The van der Waals surface area contributed by atoms with Crippen molar-refractivity contribution in [2.24, 2.45) is 20.5 Å². The Balaban J connectivity index is 1.38. The number of pyridine rings is 1. The van der Waals surface area contributed by atoms with E-state index in [0.29, 0.717) is 5.56 Å². The van der Waals surface area contributed by atoms with E-state index in [0.717, 1.165) is 64.6 Å². The first-order valence-corrected chi connectivity index (χ1v) is 23.2. The number of anilines is 4. The lowest BCUT2D eigenvalue weighted by atomic mass is 10.00. The van der Waals surface area contributed by atoms with Crippen molar-refractivity contribution in [1.82, 2.24) is 4.98 Å². The second kappa shape index (κ2) is 17.7. The van der Waals surface area contributed by atoms with Crippen molar-refractivity contribution in [2.45, 2.75) is 21.6 Å². The molecule has 0 aliphatic carbocycles. The zero-order valence-corrected chi connectivity index (χ0v) is 36.0. The summed E-state index contributed by atoms with van der Waals surface area (Å²) < 4.78 is 99.4. The smallest absolute Gasteiger partial charge is 0.301 e. The molecule has 0 saturated carbocycles. The number of aromatic nitrogens is 1. The van der Waals surface area contributed by atoms with Gasteiger partial charge in [-0.15, -0.1) is 20.5 Å². The summed E-state index contributed by atoms with van der Waals surface area (Å²) in [6.45, 7) is 1.51. The lowest BCUT2D eigenvalue weighted by Crippen LogP contribution is -2.05. The number of nitro benzene ring substituents is 1. The minimum Gasteiger partial charge on any atom is -0.339 e. The molecular weight excluding hydrogens is 925 g/mol. The number of hydrogen-bond donors (Lipinski definition) is 5. The van der Waals surface area contributed by atoms with Crippen LogP contribution in [0.1, 0.15) is 16.7 Å². The molecule has 25 heteroatoms. The number of azo groups is 2. The Morgan fingerprint density at radius 2 is 1.23 bits per heavy atom. The Hall–Kier alpha value is -7.88. The Morgan fingerprint density at radius 1 is 0.662 bits per heavy atom. The molecule has 0 amide bonds. The topological polar surface area (TPSA) is 340 Å². The van der Waals surface area contributed by atoms with E-state index < -0.39 is 55.7 Å². The van der Waals surface area contributed by atoms with Gasteiger partial charge in [-0.2, -0.15) is 35.8 Å². The number of hydrogen-bond acceptors (Lipinski definition) is 18. The monoisotopic (exact) mass is 950 g/mol. The van der Waals surface area contributed by atoms with Gasteiger partial charge >= 0.3 is 10.1 Å². The van der Waals surface area contributed by atoms with Crippen LogP contribution in [0.4, 0.5) is 50.1 Å². The van der Waals surface area contributed by atoms with Gasteiger partial charge in [-0.25, -0.2) is 4.98 Å². The standard InChI is InChI=1S/C40H26N10O11S4/c1-22-31(20-41)37(43-26-8-13-29(14-9-26)63(53,54)55)45-38(44-27-10-15-30(16-11-27)64(56,57)58)36(22)47-48-39-32(21-42)35(25-7-6-23-4-2-3-5-24(23)18-25)40(62-39)49-46-28-12-17-33(50(51)52)34(19-28)65(59,60)61/h2-19H,1H3,(H2,43,44,45)(H,53,54,55)(H,56,57,58)(H,59,60,61). The molecule has 0 aliphatic rings. The summed E-state index contributed by atoms with van der Waals surface area (Å²) in [5.41, 5.74) is 0.0963. The van der Waals surface area contributed by atoms with Gasteiger partial charge < -0.3 is 10.6 Å². The average Bonchev–Trinajstić information content (AvgIpc) is 3.62. The van der Waals surface area contributed by atoms with Crippen molar-refractivity contribution < 1.29 is 43.8 Å². The Bertz CT molecular complexity index is 3590. The van der Waals surface area contributed by atoms with Crippen molar-refractivity contribution in [1.29, 1.82) is 10.5 Å². The highest BCUT2D eigenvalue weighted by Gasteiger charge is 2.26. The Kier molecular flexibility index (Phi) is 12.3. The molecule has 65 heavy (non-hydrogen) atoms. The molecule has 0 saturated heterocycles. The number of thiophene rings is 1. The number of nitro groups is 1. The molecule has 0 radical (unpaired) electrons. The number of benzene rings is 5. The van der Waals surface area contributed by atoms with Crippen LogP contribution in [0.2, 0.25) is 0 Å². The van der Waals surface area contributed by atoms with E-state index in [1.54, 1.807) is 18.2 Å². The van der Waals surface area contributed by atoms with Crippen molar-refractivity contribution in [2.75, 3.05) is 10.6 Å². The summed E-state index contributed by atoms with van der Waals surface area (Å²) in [5.74, 6) is -0.126. The second-order valence-corrected chi connectivity index (χ2v) is 18.6. The van der Waals surface area contributed by atoms with Crippen molar-refractivity contribution >= 4 is 103 Å². The van der Waals surface area contributed by atoms with Crippen LogP contribution in [-0.2, 0) is 30.4 Å². The van der Waals surface area contributed by atoms with Crippen LogP contribution in [0.25, 0.3) is 21.9 Å². The lowest BCUT2D eigenvalue weighted by molar-refractivity contribution is -0.387. The number of fused-ring (bicyclic) bond motifs is 1. The highest BCUT2D eigenvalue weighted by molar-refractivity contribution is 7.86. The molecular formula is C40H26N10O11S4. The van der Waals surface area contributed by atoms with E-state index in [9.17, 15) is 59.5 Å². The highest BCUT2D eigenvalue weighted by atomic mass is 32.2. The van der Waals surface area contributed by atoms with Crippen molar-refractivity contribution in [3.8, 4) is 23.3 Å². The third-order valence-electron chi connectivity index (χ3n) is 9.29. The van der Waals surface area contributed by atoms with Gasteiger partial charge in [-0.3, -0.25) is 23.8 Å². The van der Waals surface area contributed by atoms with E-state index in [-0.39, 0.29) is 66.6 Å². The second-order valence-electron chi connectivity index (χ2n) is 13.4. The molecule has 326 valence electrons. The van der Waals surface area contributed by atoms with Crippen LogP contribution in [0.15, 0.2) is 144 Å². The zero-order valence-electron chi connectivity index (χ0n) is 32.7. The average molecular weight is 951 g/mol. The van der Waals surface area contributed by atoms with Crippen LogP contribution >= 0.6 is 11.3 Å². The molecule has 0 bridgehead atoms. The van der Waals surface area contributed by atoms with Gasteiger partial charge in [0.2, 0.25) is 0 Å². The Morgan fingerprint density at radius 3 is 1.78 bits per heavy atom. The van der Waals surface area contributed by atoms with Gasteiger partial charge in [0, 0.05) is 28.6 Å². The molecule has 7 rings (SSSR count). The minimum atomic E-state index is -5.07. The van der Waals surface area contributed by atoms with Crippen LogP contribution < -0.4 is 10.6 Å². The molecule has 0 fully saturated rings. The van der Waals surface area contributed by atoms with Gasteiger partial charge in [-0.05, 0) is 90.0 Å². The van der Waals surface area contributed by atoms with E-state index in [1.165, 1.54) is 31.2 Å². The van der Waals surface area contributed by atoms with Gasteiger partial charge in [0.05, 0.1) is 26.0 Å². The van der Waals surface area contributed by atoms with Gasteiger partial charge in [0.15, 0.2) is 21.5 Å². The van der Waals surface area contributed by atoms with Gasteiger partial charge in [0.25, 0.3) is 25.9 Å². The first-order valence-electron chi connectivity index (χ1n) is 18.0. The normalized spacial score (nSPS) is 12.0. The summed E-state index contributed by atoms with van der Waals surface area (Å²) in [7, 11) is -14.1. The predicted octanol–water partition coefficient (Wildman–Crippen LogP) is 9.98. The molecule has 7 aromatic rings. The highest BCUT2D eigenvalue weighted by Crippen LogP contribution is 2.49. The quantitative estimate of drug-likeness (QED) is 0.0310. The molecule has 2 heterocycles. The predicted molar refractivity (Wildman–Crippen MR) is 236 cm³/mol. The van der Waals surface area contributed by atoms with E-state index >= 15 is 0 Å². The molecule has 0 aliphatic heterocycles. The third kappa shape index (κ3) is 9.86.